The SMILES string of the molecule is CC(C)Cn1ncnc1COc1ccc(F)cc1CO. The van der Waals surface area contributed by atoms with Gasteiger partial charge in [0, 0.05) is 12.1 Å². The van der Waals surface area contributed by atoms with Crippen LogP contribution in [0.4, 0.5) is 4.39 Å². The number of aliphatic hydroxyl groups is 1. The summed E-state index contributed by atoms with van der Waals surface area (Å²) >= 11 is 0. The predicted molar refractivity (Wildman–Crippen MR) is 71.5 cm³/mol. The fourth-order valence-electron chi connectivity index (χ4n) is 1.85. The molecule has 108 valence electrons. The van der Waals surface area contributed by atoms with E-state index in [1.54, 1.807) is 4.68 Å². The standard InChI is InChI=1S/C14H18FN3O2/c1-10(2)6-18-14(16-9-17-18)8-20-13-4-3-12(15)5-11(13)7-19/h3-5,9-10,19H,6-8H2,1-2H3. The van der Waals surface area contributed by atoms with Gasteiger partial charge in [-0.3, -0.25) is 0 Å². The molecule has 2 aromatic rings. The zero-order valence-electron chi connectivity index (χ0n) is 11.6. The van der Waals surface area contributed by atoms with Gasteiger partial charge in [-0.05, 0) is 24.1 Å². The van der Waals surface area contributed by atoms with Gasteiger partial charge in [0.1, 0.15) is 24.5 Å². The zero-order valence-corrected chi connectivity index (χ0v) is 11.6. The molecule has 6 heteroatoms. The first-order valence-electron chi connectivity index (χ1n) is 6.49. The van der Waals surface area contributed by atoms with Crippen LogP contribution >= 0.6 is 0 Å². The van der Waals surface area contributed by atoms with E-state index < -0.39 is 5.82 Å². The third kappa shape index (κ3) is 3.54. The number of aromatic nitrogens is 3. The van der Waals surface area contributed by atoms with Crippen LogP contribution in [0.15, 0.2) is 24.5 Å². The first-order chi connectivity index (χ1) is 9.60. The van der Waals surface area contributed by atoms with Crippen LogP contribution in [0.1, 0.15) is 25.2 Å². The van der Waals surface area contributed by atoms with Gasteiger partial charge >= 0.3 is 0 Å². The number of hydrogen-bond acceptors (Lipinski definition) is 4. The lowest BCUT2D eigenvalue weighted by Crippen LogP contribution is -2.12. The summed E-state index contributed by atoms with van der Waals surface area (Å²) in [5.41, 5.74) is 0.417. The summed E-state index contributed by atoms with van der Waals surface area (Å²) in [6.07, 6.45) is 1.48. The van der Waals surface area contributed by atoms with E-state index in [0.717, 1.165) is 6.54 Å². The van der Waals surface area contributed by atoms with Crippen LogP contribution in [-0.4, -0.2) is 19.9 Å². The molecule has 0 saturated carbocycles. The van der Waals surface area contributed by atoms with E-state index in [1.165, 1.54) is 24.5 Å². The number of benzene rings is 1. The van der Waals surface area contributed by atoms with Crippen LogP contribution in [0.25, 0.3) is 0 Å². The first kappa shape index (κ1) is 14.5. The molecule has 0 unspecified atom stereocenters. The molecule has 20 heavy (non-hydrogen) atoms. The maximum atomic E-state index is 13.1. The van der Waals surface area contributed by atoms with Crippen molar-refractivity contribution < 1.29 is 14.2 Å². The largest absolute Gasteiger partial charge is 0.485 e. The summed E-state index contributed by atoms with van der Waals surface area (Å²) in [4.78, 5) is 4.15. The Kier molecular flexibility index (Phi) is 4.68. The topological polar surface area (TPSA) is 60.2 Å². The van der Waals surface area contributed by atoms with Crippen molar-refractivity contribution in [2.75, 3.05) is 0 Å². The lowest BCUT2D eigenvalue weighted by Gasteiger charge is -2.11. The normalized spacial score (nSPS) is 11.1. The first-order valence-corrected chi connectivity index (χ1v) is 6.49. The molecule has 0 amide bonds. The average molecular weight is 279 g/mol. The molecular formula is C14H18FN3O2. The van der Waals surface area contributed by atoms with Crippen LogP contribution in [0, 0.1) is 11.7 Å². The highest BCUT2D eigenvalue weighted by atomic mass is 19.1. The van der Waals surface area contributed by atoms with Gasteiger partial charge in [-0.1, -0.05) is 13.8 Å². The number of halogens is 1. The Labute approximate surface area is 117 Å². The van der Waals surface area contributed by atoms with Crippen molar-refractivity contribution in [3.8, 4) is 5.75 Å². The van der Waals surface area contributed by atoms with Gasteiger partial charge in [0.05, 0.1) is 6.61 Å². The summed E-state index contributed by atoms with van der Waals surface area (Å²) in [7, 11) is 0. The van der Waals surface area contributed by atoms with Gasteiger partial charge in [-0.2, -0.15) is 5.10 Å². The molecule has 0 radical (unpaired) electrons. The van der Waals surface area contributed by atoms with Crippen LogP contribution in [0.5, 0.6) is 5.75 Å². The van der Waals surface area contributed by atoms with Crippen molar-refractivity contribution in [3.05, 3.63) is 41.7 Å². The second-order valence-corrected chi connectivity index (χ2v) is 4.95. The van der Waals surface area contributed by atoms with Gasteiger partial charge < -0.3 is 9.84 Å². The molecule has 2 rings (SSSR count). The van der Waals surface area contributed by atoms with Crippen molar-refractivity contribution in [2.45, 2.75) is 33.6 Å². The molecule has 0 atom stereocenters. The Morgan fingerprint density at radius 3 is 2.90 bits per heavy atom. The molecule has 0 aliphatic carbocycles. The zero-order chi connectivity index (χ0) is 14.5. The van der Waals surface area contributed by atoms with Crippen LogP contribution in [-0.2, 0) is 19.8 Å². The molecule has 1 heterocycles. The number of ether oxygens (including phenoxy) is 1. The molecule has 1 aromatic carbocycles. The van der Waals surface area contributed by atoms with Crippen LogP contribution in [0.3, 0.4) is 0 Å². The molecule has 0 bridgehead atoms. The summed E-state index contributed by atoms with van der Waals surface area (Å²) in [5.74, 6) is 1.21. The minimum absolute atomic E-state index is 0.228. The van der Waals surface area contributed by atoms with E-state index in [9.17, 15) is 9.50 Å². The van der Waals surface area contributed by atoms with E-state index in [2.05, 4.69) is 23.9 Å². The van der Waals surface area contributed by atoms with Gasteiger partial charge in [-0.25, -0.2) is 14.1 Å². The summed E-state index contributed by atoms with van der Waals surface area (Å²) in [6.45, 7) is 4.90. The molecule has 0 aliphatic rings. The highest BCUT2D eigenvalue weighted by Crippen LogP contribution is 2.20. The lowest BCUT2D eigenvalue weighted by molar-refractivity contribution is 0.250. The van der Waals surface area contributed by atoms with E-state index in [-0.39, 0.29) is 13.2 Å². The molecule has 1 aromatic heterocycles. The highest BCUT2D eigenvalue weighted by Gasteiger charge is 2.09. The van der Waals surface area contributed by atoms with Gasteiger partial charge in [-0.15, -0.1) is 0 Å². The highest BCUT2D eigenvalue weighted by molar-refractivity contribution is 5.33. The smallest absolute Gasteiger partial charge is 0.164 e. The third-order valence-corrected chi connectivity index (χ3v) is 2.78. The number of aliphatic hydroxyl groups excluding tert-OH is 1. The molecule has 5 nitrogen and oxygen atoms in total. The molecule has 0 fully saturated rings. The van der Waals surface area contributed by atoms with Gasteiger partial charge in [0.15, 0.2) is 5.82 Å². The number of rotatable bonds is 6. The quantitative estimate of drug-likeness (QED) is 0.880. The molecular weight excluding hydrogens is 261 g/mol. The number of nitrogens with zero attached hydrogens (tertiary/aromatic N) is 3. The van der Waals surface area contributed by atoms with Gasteiger partial charge in [0.2, 0.25) is 0 Å². The Bertz CT molecular complexity index is 569. The van der Waals surface area contributed by atoms with Crippen LogP contribution < -0.4 is 4.74 Å². The van der Waals surface area contributed by atoms with Crippen LogP contribution in [0.2, 0.25) is 0 Å². The van der Waals surface area contributed by atoms with E-state index >= 15 is 0 Å². The van der Waals surface area contributed by atoms with Crippen molar-refractivity contribution in [1.29, 1.82) is 0 Å². The summed E-state index contributed by atoms with van der Waals surface area (Å²) < 4.78 is 20.4. The summed E-state index contributed by atoms with van der Waals surface area (Å²) in [5, 5.41) is 13.3. The second-order valence-electron chi connectivity index (χ2n) is 4.95. The Balaban J connectivity index is 2.07. The molecule has 0 saturated heterocycles. The maximum absolute atomic E-state index is 13.1. The van der Waals surface area contributed by atoms with Crippen molar-refractivity contribution in [3.63, 3.8) is 0 Å². The predicted octanol–water partition coefficient (Wildman–Crippen LogP) is 2.14. The van der Waals surface area contributed by atoms with E-state index in [0.29, 0.717) is 23.1 Å². The minimum Gasteiger partial charge on any atom is -0.485 e. The second kappa shape index (κ2) is 6.47. The lowest BCUT2D eigenvalue weighted by atomic mass is 10.2. The Morgan fingerprint density at radius 1 is 1.40 bits per heavy atom. The van der Waals surface area contributed by atoms with Crippen molar-refractivity contribution in [1.82, 2.24) is 14.8 Å². The van der Waals surface area contributed by atoms with Crippen molar-refractivity contribution in [2.24, 2.45) is 5.92 Å². The number of hydrogen-bond donors (Lipinski definition) is 1. The van der Waals surface area contributed by atoms with E-state index in [1.807, 2.05) is 0 Å². The fourth-order valence-corrected chi connectivity index (χ4v) is 1.85. The molecule has 1 N–H and O–H groups in total. The van der Waals surface area contributed by atoms with E-state index in [4.69, 9.17) is 4.74 Å². The maximum Gasteiger partial charge on any atom is 0.164 e. The fraction of sp³-hybridized carbons (Fsp3) is 0.429. The minimum atomic E-state index is -0.399. The van der Waals surface area contributed by atoms with Gasteiger partial charge in [0.25, 0.3) is 0 Å². The monoisotopic (exact) mass is 279 g/mol. The molecule has 0 spiro atoms. The third-order valence-electron chi connectivity index (χ3n) is 2.78. The average Bonchev–Trinajstić information content (AvgIpc) is 2.83. The molecule has 0 aliphatic heterocycles. The Morgan fingerprint density at radius 2 is 2.20 bits per heavy atom. The Hall–Kier alpha value is -1.95. The van der Waals surface area contributed by atoms with Crippen molar-refractivity contribution >= 4 is 0 Å². The summed E-state index contributed by atoms with van der Waals surface area (Å²) in [6, 6.07) is 4.06.